The van der Waals surface area contributed by atoms with E-state index in [1.807, 2.05) is 24.3 Å². The van der Waals surface area contributed by atoms with Gasteiger partial charge in [-0.25, -0.2) is 19.9 Å². The molecule has 27 heavy (non-hydrogen) atoms. The van der Waals surface area contributed by atoms with Crippen LogP contribution in [0.3, 0.4) is 0 Å². The zero-order valence-electron chi connectivity index (χ0n) is 14.7. The molecule has 5 rings (SSSR count). The molecule has 1 fully saturated rings. The van der Waals surface area contributed by atoms with Crippen molar-refractivity contribution in [2.45, 2.75) is 0 Å². The molecule has 0 amide bonds. The maximum atomic E-state index is 4.94. The number of nitrogens with zero attached hydrogens (tertiary/aromatic N) is 6. The molecular weight excluding hydrogens is 356 g/mol. The summed E-state index contributed by atoms with van der Waals surface area (Å²) in [7, 11) is 0. The van der Waals surface area contributed by atoms with Crippen molar-refractivity contribution in [3.8, 4) is 10.7 Å². The SMILES string of the molecule is c1cnc(N2CCN(c3nc(-c4cccs4)nc4ccccc34)CC2)nc1. The Bertz CT molecular complexity index is 1040. The molecule has 134 valence electrons. The third kappa shape index (κ3) is 3.10. The maximum absolute atomic E-state index is 4.94. The number of hydrogen-bond acceptors (Lipinski definition) is 7. The Kier molecular flexibility index (Phi) is 4.14. The third-order valence-corrected chi connectivity index (χ3v) is 5.60. The Hall–Kier alpha value is -3.06. The molecule has 4 aromatic rings. The first-order chi connectivity index (χ1) is 13.4. The highest BCUT2D eigenvalue weighted by Gasteiger charge is 2.22. The van der Waals surface area contributed by atoms with E-state index < -0.39 is 0 Å². The monoisotopic (exact) mass is 374 g/mol. The second kappa shape index (κ2) is 6.92. The van der Waals surface area contributed by atoms with Crippen molar-refractivity contribution in [2.24, 2.45) is 0 Å². The molecule has 0 saturated carbocycles. The number of para-hydroxylation sites is 1. The molecule has 0 atom stereocenters. The van der Waals surface area contributed by atoms with Crippen LogP contribution in [0, 0.1) is 0 Å². The summed E-state index contributed by atoms with van der Waals surface area (Å²) in [6.45, 7) is 3.50. The largest absolute Gasteiger partial charge is 0.352 e. The van der Waals surface area contributed by atoms with E-state index in [4.69, 9.17) is 9.97 Å². The number of piperazine rings is 1. The lowest BCUT2D eigenvalue weighted by atomic mass is 10.2. The lowest BCUT2D eigenvalue weighted by Crippen LogP contribution is -2.47. The number of anilines is 2. The van der Waals surface area contributed by atoms with Crippen molar-refractivity contribution >= 4 is 34.0 Å². The van der Waals surface area contributed by atoms with E-state index >= 15 is 0 Å². The molecule has 1 aromatic carbocycles. The summed E-state index contributed by atoms with van der Waals surface area (Å²) in [4.78, 5) is 24.1. The number of hydrogen-bond donors (Lipinski definition) is 0. The molecule has 4 heterocycles. The van der Waals surface area contributed by atoms with Gasteiger partial charge in [-0.1, -0.05) is 18.2 Å². The molecule has 3 aromatic heterocycles. The molecule has 1 saturated heterocycles. The smallest absolute Gasteiger partial charge is 0.225 e. The predicted molar refractivity (Wildman–Crippen MR) is 109 cm³/mol. The minimum Gasteiger partial charge on any atom is -0.352 e. The van der Waals surface area contributed by atoms with Crippen molar-refractivity contribution < 1.29 is 0 Å². The van der Waals surface area contributed by atoms with Crippen molar-refractivity contribution in [1.82, 2.24) is 19.9 Å². The molecule has 0 unspecified atom stereocenters. The van der Waals surface area contributed by atoms with Gasteiger partial charge in [-0.3, -0.25) is 0 Å². The minimum absolute atomic E-state index is 0.795. The van der Waals surface area contributed by atoms with Crippen molar-refractivity contribution in [2.75, 3.05) is 36.0 Å². The zero-order chi connectivity index (χ0) is 18.1. The van der Waals surface area contributed by atoms with Crippen LogP contribution in [0.1, 0.15) is 0 Å². The normalized spacial score (nSPS) is 14.7. The molecular formula is C20H18N6S. The van der Waals surface area contributed by atoms with Crippen LogP contribution < -0.4 is 9.80 Å². The van der Waals surface area contributed by atoms with Crippen molar-refractivity contribution in [3.05, 3.63) is 60.2 Å². The highest BCUT2D eigenvalue weighted by Crippen LogP contribution is 2.30. The standard InChI is InChI=1S/C20H18N6S/c1-2-6-16-15(5-1)19(24-18(23-16)17-7-3-14-27-17)25-10-12-26(13-11-25)20-21-8-4-9-22-20/h1-9,14H,10-13H2. The number of rotatable bonds is 3. The predicted octanol–water partition coefficient (Wildman–Crippen LogP) is 3.47. The van der Waals surface area contributed by atoms with E-state index in [0.717, 1.165) is 59.5 Å². The first-order valence-corrected chi connectivity index (χ1v) is 9.84. The topological polar surface area (TPSA) is 58.0 Å². The molecule has 0 N–H and O–H groups in total. The van der Waals surface area contributed by atoms with Crippen LogP contribution in [0.2, 0.25) is 0 Å². The fourth-order valence-electron chi connectivity index (χ4n) is 3.39. The van der Waals surface area contributed by atoms with Gasteiger partial charge >= 0.3 is 0 Å². The molecule has 0 spiro atoms. The Morgan fingerprint density at radius 1 is 0.778 bits per heavy atom. The molecule has 0 bridgehead atoms. The Morgan fingerprint density at radius 3 is 2.33 bits per heavy atom. The van der Waals surface area contributed by atoms with Gasteiger partial charge in [0, 0.05) is 44.0 Å². The van der Waals surface area contributed by atoms with Crippen LogP contribution in [0.15, 0.2) is 60.2 Å². The first-order valence-electron chi connectivity index (χ1n) is 8.96. The maximum Gasteiger partial charge on any atom is 0.225 e. The highest BCUT2D eigenvalue weighted by molar-refractivity contribution is 7.13. The summed E-state index contributed by atoms with van der Waals surface area (Å²) >= 11 is 1.67. The zero-order valence-corrected chi connectivity index (χ0v) is 15.5. The van der Waals surface area contributed by atoms with E-state index in [-0.39, 0.29) is 0 Å². The number of benzene rings is 1. The molecule has 0 aliphatic carbocycles. The summed E-state index contributed by atoms with van der Waals surface area (Å²) in [5.74, 6) is 2.61. The Labute approximate surface area is 161 Å². The van der Waals surface area contributed by atoms with Gasteiger partial charge in [0.1, 0.15) is 5.82 Å². The van der Waals surface area contributed by atoms with Gasteiger partial charge in [0.25, 0.3) is 0 Å². The average molecular weight is 374 g/mol. The Morgan fingerprint density at radius 2 is 1.56 bits per heavy atom. The van der Waals surface area contributed by atoms with Crippen LogP contribution >= 0.6 is 11.3 Å². The van der Waals surface area contributed by atoms with Gasteiger partial charge in [0.05, 0.1) is 10.4 Å². The number of aromatic nitrogens is 4. The summed E-state index contributed by atoms with van der Waals surface area (Å²) in [5.41, 5.74) is 0.986. The second-order valence-corrected chi connectivity index (χ2v) is 7.34. The molecule has 7 heteroatoms. The quantitative estimate of drug-likeness (QED) is 0.547. The van der Waals surface area contributed by atoms with Gasteiger partial charge in [-0.05, 0) is 29.6 Å². The van der Waals surface area contributed by atoms with Crippen molar-refractivity contribution in [3.63, 3.8) is 0 Å². The molecule has 1 aliphatic heterocycles. The van der Waals surface area contributed by atoms with E-state index in [1.165, 1.54) is 0 Å². The third-order valence-electron chi connectivity index (χ3n) is 4.74. The minimum atomic E-state index is 0.795. The van der Waals surface area contributed by atoms with Gasteiger partial charge < -0.3 is 9.80 Å². The summed E-state index contributed by atoms with van der Waals surface area (Å²) in [5, 5.41) is 3.16. The highest BCUT2D eigenvalue weighted by atomic mass is 32.1. The van der Waals surface area contributed by atoms with Crippen LogP contribution in [-0.4, -0.2) is 46.1 Å². The second-order valence-electron chi connectivity index (χ2n) is 6.39. The van der Waals surface area contributed by atoms with Gasteiger partial charge in [-0.15, -0.1) is 11.3 Å². The van der Waals surface area contributed by atoms with Crippen LogP contribution in [0.5, 0.6) is 0 Å². The van der Waals surface area contributed by atoms with Gasteiger partial charge in [-0.2, -0.15) is 0 Å². The average Bonchev–Trinajstić information content (AvgIpc) is 3.29. The summed E-state index contributed by atoms with van der Waals surface area (Å²) in [6.07, 6.45) is 3.58. The first kappa shape index (κ1) is 16.1. The fourth-order valence-corrected chi connectivity index (χ4v) is 4.05. The van der Waals surface area contributed by atoms with E-state index in [9.17, 15) is 0 Å². The lowest BCUT2D eigenvalue weighted by Gasteiger charge is -2.35. The van der Waals surface area contributed by atoms with Crippen LogP contribution in [0.4, 0.5) is 11.8 Å². The molecule has 6 nitrogen and oxygen atoms in total. The summed E-state index contributed by atoms with van der Waals surface area (Å²) in [6, 6.07) is 14.2. The molecule has 1 aliphatic rings. The van der Waals surface area contributed by atoms with E-state index in [1.54, 1.807) is 23.7 Å². The number of thiophene rings is 1. The van der Waals surface area contributed by atoms with Crippen molar-refractivity contribution in [1.29, 1.82) is 0 Å². The van der Waals surface area contributed by atoms with Gasteiger partial charge in [0.2, 0.25) is 5.95 Å². The van der Waals surface area contributed by atoms with Gasteiger partial charge in [0.15, 0.2) is 5.82 Å². The fraction of sp³-hybridized carbons (Fsp3) is 0.200. The van der Waals surface area contributed by atoms with E-state index in [2.05, 4.69) is 43.3 Å². The van der Waals surface area contributed by atoms with Crippen LogP contribution in [-0.2, 0) is 0 Å². The van der Waals surface area contributed by atoms with Crippen LogP contribution in [0.25, 0.3) is 21.6 Å². The number of fused-ring (bicyclic) bond motifs is 1. The molecule has 0 radical (unpaired) electrons. The van der Waals surface area contributed by atoms with E-state index in [0.29, 0.717) is 0 Å². The lowest BCUT2D eigenvalue weighted by molar-refractivity contribution is 0.636. The Balaban J connectivity index is 1.48. The summed E-state index contributed by atoms with van der Waals surface area (Å²) < 4.78 is 0.